The third kappa shape index (κ3) is 4.22. The molecule has 29 heavy (non-hydrogen) atoms. The number of H-pyrrole nitrogens is 1. The minimum atomic E-state index is -0.792. The van der Waals surface area contributed by atoms with E-state index in [9.17, 15) is 23.9 Å². The number of aryl methyl sites for hydroxylation is 1. The molecule has 2 N–H and O–H groups in total. The number of ketones is 1. The zero-order valence-corrected chi connectivity index (χ0v) is 16.3. The molecule has 154 valence electrons. The highest BCUT2D eigenvalue weighted by Crippen LogP contribution is 2.32. The van der Waals surface area contributed by atoms with E-state index >= 15 is 0 Å². The number of halogens is 1. The Morgan fingerprint density at radius 1 is 1.21 bits per heavy atom. The number of esters is 1. The van der Waals surface area contributed by atoms with Gasteiger partial charge in [-0.25, -0.2) is 9.18 Å². The number of aromatic amines is 1. The van der Waals surface area contributed by atoms with E-state index < -0.39 is 29.6 Å². The maximum Gasteiger partial charge on any atom is 0.340 e. The molecule has 1 saturated heterocycles. The second kappa shape index (κ2) is 8.57. The summed E-state index contributed by atoms with van der Waals surface area (Å²) in [4.78, 5) is 42.5. The fourth-order valence-corrected chi connectivity index (χ4v) is 3.48. The van der Waals surface area contributed by atoms with Gasteiger partial charge in [0.1, 0.15) is 11.5 Å². The van der Waals surface area contributed by atoms with Crippen LogP contribution in [0.15, 0.2) is 24.3 Å². The van der Waals surface area contributed by atoms with Crippen LogP contribution in [0.2, 0.25) is 0 Å². The normalized spacial score (nSPS) is 14.7. The predicted molar refractivity (Wildman–Crippen MR) is 103 cm³/mol. The number of likely N-dealkylation sites (tertiary alicyclic amines) is 1. The van der Waals surface area contributed by atoms with Crippen LogP contribution in [0.25, 0.3) is 11.1 Å². The van der Waals surface area contributed by atoms with E-state index in [-0.39, 0.29) is 36.5 Å². The molecular weight excluding hydrogens is 379 g/mol. The number of aromatic nitrogens is 1. The third-order valence-electron chi connectivity index (χ3n) is 4.97. The van der Waals surface area contributed by atoms with Crippen LogP contribution in [-0.4, -0.2) is 58.5 Å². The highest BCUT2D eigenvalue weighted by molar-refractivity contribution is 6.43. The van der Waals surface area contributed by atoms with Crippen LogP contribution in [0.5, 0.6) is 0 Å². The summed E-state index contributed by atoms with van der Waals surface area (Å²) in [5.74, 6) is -2.60. The molecule has 8 heteroatoms. The molecule has 2 aromatic rings. The highest BCUT2D eigenvalue weighted by Gasteiger charge is 2.33. The second-order valence-electron chi connectivity index (χ2n) is 6.95. The molecule has 2 heterocycles. The summed E-state index contributed by atoms with van der Waals surface area (Å²) in [5, 5.41) is 9.62. The standard InChI is InChI=1S/C21H23FN2O5/c1-3-29-21(28)16-12(2)23-18(17(16)13-4-6-14(22)7-5-13)19(26)20(27)24-10-8-15(25)9-11-24/h4-7,15,23,25H,3,8-11H2,1-2H3. The van der Waals surface area contributed by atoms with Gasteiger partial charge in [-0.3, -0.25) is 9.59 Å². The summed E-state index contributed by atoms with van der Waals surface area (Å²) in [6, 6.07) is 5.32. The molecule has 7 nitrogen and oxygen atoms in total. The number of piperidine rings is 1. The Morgan fingerprint density at radius 3 is 2.41 bits per heavy atom. The SMILES string of the molecule is CCOC(=O)c1c(C)[nH]c(C(=O)C(=O)N2CCC(O)CC2)c1-c1ccc(F)cc1. The van der Waals surface area contributed by atoms with Crippen molar-refractivity contribution in [2.45, 2.75) is 32.8 Å². The Bertz CT molecular complexity index is 927. The minimum absolute atomic E-state index is 0.0340. The van der Waals surface area contributed by atoms with Gasteiger partial charge in [0.05, 0.1) is 18.3 Å². The van der Waals surface area contributed by atoms with Crippen LogP contribution < -0.4 is 0 Å². The van der Waals surface area contributed by atoms with Gasteiger partial charge in [0, 0.05) is 24.3 Å². The van der Waals surface area contributed by atoms with Crippen LogP contribution in [0.4, 0.5) is 4.39 Å². The first-order valence-electron chi connectivity index (χ1n) is 9.50. The number of hydrogen-bond acceptors (Lipinski definition) is 5. The molecular formula is C21H23FN2O5. The molecule has 1 aliphatic heterocycles. The van der Waals surface area contributed by atoms with Crippen molar-refractivity contribution < 1.29 is 28.6 Å². The number of carbonyl (C=O) groups is 3. The number of hydrogen-bond donors (Lipinski definition) is 2. The number of amides is 1. The number of ether oxygens (including phenoxy) is 1. The van der Waals surface area contributed by atoms with Crippen molar-refractivity contribution in [1.29, 1.82) is 0 Å². The largest absolute Gasteiger partial charge is 0.462 e. The number of Topliss-reactive ketones (excluding diaryl/α,β-unsaturated/α-hetero) is 1. The second-order valence-corrected chi connectivity index (χ2v) is 6.95. The molecule has 0 bridgehead atoms. The molecule has 3 rings (SSSR count). The maximum absolute atomic E-state index is 13.4. The summed E-state index contributed by atoms with van der Waals surface area (Å²) in [6.45, 7) is 3.98. The molecule has 1 amide bonds. The first-order chi connectivity index (χ1) is 13.8. The maximum atomic E-state index is 13.4. The van der Waals surface area contributed by atoms with Gasteiger partial charge in [0.15, 0.2) is 0 Å². The Kier molecular flexibility index (Phi) is 6.12. The van der Waals surface area contributed by atoms with Gasteiger partial charge in [-0.15, -0.1) is 0 Å². The lowest BCUT2D eigenvalue weighted by atomic mass is 9.97. The Hall–Kier alpha value is -3.00. The van der Waals surface area contributed by atoms with Crippen molar-refractivity contribution in [3.05, 3.63) is 47.0 Å². The average molecular weight is 402 g/mol. The lowest BCUT2D eigenvalue weighted by molar-refractivity contribution is -0.128. The molecule has 1 aromatic carbocycles. The van der Waals surface area contributed by atoms with E-state index in [1.54, 1.807) is 13.8 Å². The quantitative estimate of drug-likeness (QED) is 0.455. The topological polar surface area (TPSA) is 99.7 Å². The smallest absolute Gasteiger partial charge is 0.340 e. The number of benzene rings is 1. The number of aliphatic hydroxyl groups is 1. The van der Waals surface area contributed by atoms with Crippen LogP contribution in [0, 0.1) is 12.7 Å². The number of nitrogens with one attached hydrogen (secondary N) is 1. The van der Waals surface area contributed by atoms with Gasteiger partial charge >= 0.3 is 5.97 Å². The minimum Gasteiger partial charge on any atom is -0.462 e. The zero-order chi connectivity index (χ0) is 21.1. The number of aliphatic hydroxyl groups excluding tert-OH is 1. The third-order valence-corrected chi connectivity index (χ3v) is 4.97. The average Bonchev–Trinajstić information content (AvgIpc) is 3.05. The van der Waals surface area contributed by atoms with Crippen molar-refractivity contribution in [2.24, 2.45) is 0 Å². The van der Waals surface area contributed by atoms with Crippen molar-refractivity contribution in [3.8, 4) is 11.1 Å². The fraction of sp³-hybridized carbons (Fsp3) is 0.381. The molecule has 1 fully saturated rings. The number of carbonyl (C=O) groups excluding carboxylic acids is 3. The first kappa shape index (κ1) is 20.7. The molecule has 0 radical (unpaired) electrons. The Labute approximate surface area is 167 Å². The molecule has 0 spiro atoms. The van der Waals surface area contributed by atoms with Crippen molar-refractivity contribution >= 4 is 17.7 Å². The zero-order valence-electron chi connectivity index (χ0n) is 16.3. The van der Waals surface area contributed by atoms with E-state index in [0.717, 1.165) is 0 Å². The number of rotatable bonds is 5. The van der Waals surface area contributed by atoms with E-state index in [0.29, 0.717) is 24.1 Å². The van der Waals surface area contributed by atoms with Gasteiger partial charge in [-0.1, -0.05) is 12.1 Å². The predicted octanol–water partition coefficient (Wildman–Crippen LogP) is 2.47. The lowest BCUT2D eigenvalue weighted by Crippen LogP contribution is -2.43. The molecule has 0 saturated carbocycles. The van der Waals surface area contributed by atoms with Gasteiger partial charge in [-0.2, -0.15) is 0 Å². The molecule has 1 aliphatic rings. The molecule has 0 atom stereocenters. The van der Waals surface area contributed by atoms with Crippen molar-refractivity contribution in [1.82, 2.24) is 9.88 Å². The van der Waals surface area contributed by atoms with Crippen molar-refractivity contribution in [3.63, 3.8) is 0 Å². The molecule has 0 unspecified atom stereocenters. The lowest BCUT2D eigenvalue weighted by Gasteiger charge is -2.28. The Morgan fingerprint density at radius 2 is 1.83 bits per heavy atom. The number of nitrogens with zero attached hydrogens (tertiary/aromatic N) is 1. The van der Waals surface area contributed by atoms with Gasteiger partial charge in [0.25, 0.3) is 11.7 Å². The first-order valence-corrected chi connectivity index (χ1v) is 9.50. The summed E-state index contributed by atoms with van der Waals surface area (Å²) in [7, 11) is 0. The summed E-state index contributed by atoms with van der Waals surface area (Å²) >= 11 is 0. The molecule has 1 aromatic heterocycles. The Balaban J connectivity index is 2.04. The van der Waals surface area contributed by atoms with Crippen LogP contribution >= 0.6 is 0 Å². The summed E-state index contributed by atoms with van der Waals surface area (Å²) < 4.78 is 18.5. The van der Waals surface area contributed by atoms with E-state index in [1.165, 1.54) is 29.2 Å². The van der Waals surface area contributed by atoms with Crippen molar-refractivity contribution in [2.75, 3.05) is 19.7 Å². The van der Waals surface area contributed by atoms with Crippen LogP contribution in [-0.2, 0) is 9.53 Å². The monoisotopic (exact) mass is 402 g/mol. The fourth-order valence-electron chi connectivity index (χ4n) is 3.48. The van der Waals surface area contributed by atoms with E-state index in [2.05, 4.69) is 4.98 Å². The summed E-state index contributed by atoms with van der Waals surface area (Å²) in [6.07, 6.45) is 0.329. The van der Waals surface area contributed by atoms with Gasteiger partial charge in [-0.05, 0) is 44.4 Å². The molecule has 0 aliphatic carbocycles. The van der Waals surface area contributed by atoms with Gasteiger partial charge < -0.3 is 19.7 Å². The summed E-state index contributed by atoms with van der Waals surface area (Å²) in [5.41, 5.74) is 1.13. The highest BCUT2D eigenvalue weighted by atomic mass is 19.1. The van der Waals surface area contributed by atoms with Crippen LogP contribution in [0.1, 0.15) is 46.3 Å². The van der Waals surface area contributed by atoms with Crippen LogP contribution in [0.3, 0.4) is 0 Å². The van der Waals surface area contributed by atoms with Gasteiger partial charge in [0.2, 0.25) is 0 Å². The van der Waals surface area contributed by atoms with E-state index in [4.69, 9.17) is 4.74 Å². The van der Waals surface area contributed by atoms with E-state index in [1.807, 2.05) is 0 Å².